The maximum atomic E-state index is 12.7. The van der Waals surface area contributed by atoms with Crippen molar-refractivity contribution in [1.82, 2.24) is 19.6 Å². The van der Waals surface area contributed by atoms with Gasteiger partial charge < -0.3 is 10.6 Å². The van der Waals surface area contributed by atoms with Crippen molar-refractivity contribution >= 4 is 11.6 Å². The Morgan fingerprint density at radius 3 is 2.52 bits per heavy atom. The number of nitrogen functional groups attached to an aromatic ring is 1. The maximum absolute atomic E-state index is 12.7. The van der Waals surface area contributed by atoms with E-state index in [2.05, 4.69) is 10.00 Å². The SMILES string of the molecule is CCC(=O)N1CCC(N2CC(n3cc(N)c(C(F)F)n3)C2)CC1. The van der Waals surface area contributed by atoms with Crippen molar-refractivity contribution in [2.45, 2.75) is 44.7 Å². The molecule has 2 saturated heterocycles. The van der Waals surface area contributed by atoms with E-state index in [4.69, 9.17) is 5.73 Å². The van der Waals surface area contributed by atoms with Gasteiger partial charge in [-0.05, 0) is 12.8 Å². The quantitative estimate of drug-likeness (QED) is 0.913. The molecule has 0 spiro atoms. The highest BCUT2D eigenvalue weighted by molar-refractivity contribution is 5.75. The minimum Gasteiger partial charge on any atom is -0.396 e. The molecule has 2 N–H and O–H groups in total. The van der Waals surface area contributed by atoms with Crippen molar-refractivity contribution in [2.75, 3.05) is 31.9 Å². The Bertz CT molecular complexity index is 562. The zero-order valence-electron chi connectivity index (χ0n) is 13.3. The molecule has 0 radical (unpaired) electrons. The maximum Gasteiger partial charge on any atom is 0.284 e. The molecule has 128 valence electrons. The topological polar surface area (TPSA) is 67.4 Å². The molecule has 3 rings (SSSR count). The summed E-state index contributed by atoms with van der Waals surface area (Å²) in [6.07, 6.45) is 1.38. The molecule has 2 aliphatic heterocycles. The van der Waals surface area contributed by atoms with Crippen LogP contribution < -0.4 is 5.73 Å². The van der Waals surface area contributed by atoms with Crippen LogP contribution in [0.4, 0.5) is 14.5 Å². The van der Waals surface area contributed by atoms with Gasteiger partial charge in [0, 0.05) is 44.8 Å². The number of likely N-dealkylation sites (tertiary alicyclic amines) is 2. The summed E-state index contributed by atoms with van der Waals surface area (Å²) >= 11 is 0. The summed E-state index contributed by atoms with van der Waals surface area (Å²) in [6, 6.07) is 0.578. The van der Waals surface area contributed by atoms with E-state index in [0.717, 1.165) is 39.0 Å². The van der Waals surface area contributed by atoms with E-state index >= 15 is 0 Å². The lowest BCUT2D eigenvalue weighted by atomic mass is 9.97. The Balaban J connectivity index is 1.50. The number of amides is 1. The van der Waals surface area contributed by atoms with Crippen LogP contribution >= 0.6 is 0 Å². The van der Waals surface area contributed by atoms with Crippen LogP contribution in [0, 0.1) is 0 Å². The van der Waals surface area contributed by atoms with Gasteiger partial charge in [0.2, 0.25) is 5.91 Å². The highest BCUT2D eigenvalue weighted by atomic mass is 19.3. The van der Waals surface area contributed by atoms with Crippen LogP contribution in [0.15, 0.2) is 6.20 Å². The first-order valence-corrected chi connectivity index (χ1v) is 8.14. The van der Waals surface area contributed by atoms with Gasteiger partial charge >= 0.3 is 0 Å². The molecule has 1 aromatic rings. The Morgan fingerprint density at radius 2 is 2.00 bits per heavy atom. The van der Waals surface area contributed by atoms with Gasteiger partial charge in [0.15, 0.2) is 5.69 Å². The zero-order valence-corrected chi connectivity index (χ0v) is 13.3. The van der Waals surface area contributed by atoms with Crippen molar-refractivity contribution in [3.8, 4) is 0 Å². The number of carbonyl (C=O) groups is 1. The molecule has 0 unspecified atom stereocenters. The Morgan fingerprint density at radius 1 is 1.35 bits per heavy atom. The smallest absolute Gasteiger partial charge is 0.284 e. The highest BCUT2D eigenvalue weighted by Crippen LogP contribution is 2.30. The second-order valence-corrected chi connectivity index (χ2v) is 6.32. The molecule has 0 saturated carbocycles. The number of nitrogens with zero attached hydrogens (tertiary/aromatic N) is 4. The number of piperidine rings is 1. The minimum absolute atomic E-state index is 0.0600. The van der Waals surface area contributed by atoms with E-state index in [9.17, 15) is 13.6 Å². The van der Waals surface area contributed by atoms with E-state index in [-0.39, 0.29) is 23.3 Å². The normalized spacial score (nSPS) is 21.0. The van der Waals surface area contributed by atoms with Crippen LogP contribution in [0.25, 0.3) is 0 Å². The third-order valence-corrected chi connectivity index (χ3v) is 4.90. The first kappa shape index (κ1) is 16.2. The van der Waals surface area contributed by atoms with Gasteiger partial charge in [-0.15, -0.1) is 0 Å². The Kier molecular flexibility index (Phi) is 4.52. The van der Waals surface area contributed by atoms with Gasteiger partial charge in [0.05, 0.1) is 11.7 Å². The number of halogens is 2. The fourth-order valence-electron chi connectivity index (χ4n) is 3.43. The van der Waals surface area contributed by atoms with Crippen molar-refractivity contribution in [2.24, 2.45) is 0 Å². The van der Waals surface area contributed by atoms with Crippen molar-refractivity contribution in [3.63, 3.8) is 0 Å². The molecule has 6 nitrogen and oxygen atoms in total. The lowest BCUT2D eigenvalue weighted by Gasteiger charge is -2.47. The fourth-order valence-corrected chi connectivity index (χ4v) is 3.43. The molecule has 0 atom stereocenters. The lowest BCUT2D eigenvalue weighted by molar-refractivity contribution is -0.132. The van der Waals surface area contributed by atoms with Crippen LogP contribution in [0.2, 0.25) is 0 Å². The third-order valence-electron chi connectivity index (χ3n) is 4.90. The first-order valence-electron chi connectivity index (χ1n) is 8.14. The standard InChI is InChI=1S/C15H23F2N5O/c1-2-13(23)20-5-3-10(4-6-20)21-7-11(8-21)22-9-12(18)14(19-22)15(16)17/h9-11,15H,2-8,18H2,1H3. The molecule has 0 aliphatic carbocycles. The number of hydrogen-bond acceptors (Lipinski definition) is 4. The van der Waals surface area contributed by atoms with Gasteiger partial charge in [-0.1, -0.05) is 6.92 Å². The molecule has 1 aromatic heterocycles. The molecule has 0 bridgehead atoms. The number of rotatable bonds is 4. The van der Waals surface area contributed by atoms with E-state index in [0.29, 0.717) is 12.5 Å². The predicted octanol–water partition coefficient (Wildman–Crippen LogP) is 1.66. The molecule has 2 aliphatic rings. The number of anilines is 1. The lowest BCUT2D eigenvalue weighted by Crippen LogP contribution is -2.56. The average molecular weight is 327 g/mol. The van der Waals surface area contributed by atoms with Crippen LogP contribution in [-0.2, 0) is 4.79 Å². The number of hydrogen-bond donors (Lipinski definition) is 1. The molecule has 1 amide bonds. The number of nitrogens with two attached hydrogens (primary N) is 1. The number of carbonyl (C=O) groups excluding carboxylic acids is 1. The number of alkyl halides is 2. The predicted molar refractivity (Wildman–Crippen MR) is 82.1 cm³/mol. The highest BCUT2D eigenvalue weighted by Gasteiger charge is 2.36. The van der Waals surface area contributed by atoms with E-state index in [1.54, 1.807) is 4.68 Å². The first-order chi connectivity index (χ1) is 11.0. The molecule has 3 heterocycles. The molecule has 2 fully saturated rings. The summed E-state index contributed by atoms with van der Waals surface area (Å²) in [4.78, 5) is 16.0. The summed E-state index contributed by atoms with van der Waals surface area (Å²) < 4.78 is 27.0. The van der Waals surface area contributed by atoms with Crippen LogP contribution in [0.5, 0.6) is 0 Å². The third kappa shape index (κ3) is 3.17. The van der Waals surface area contributed by atoms with Crippen molar-refractivity contribution in [1.29, 1.82) is 0 Å². The Labute approximate surface area is 134 Å². The van der Waals surface area contributed by atoms with Gasteiger partial charge in [-0.25, -0.2) is 8.78 Å². The van der Waals surface area contributed by atoms with E-state index in [1.807, 2.05) is 11.8 Å². The van der Waals surface area contributed by atoms with E-state index < -0.39 is 6.43 Å². The van der Waals surface area contributed by atoms with Gasteiger partial charge in [0.25, 0.3) is 6.43 Å². The molecule has 8 heteroatoms. The molecular formula is C15H23F2N5O. The van der Waals surface area contributed by atoms with E-state index in [1.165, 1.54) is 6.20 Å². The average Bonchev–Trinajstić information content (AvgIpc) is 2.87. The monoisotopic (exact) mass is 327 g/mol. The molecule has 0 aromatic carbocycles. The molecular weight excluding hydrogens is 304 g/mol. The summed E-state index contributed by atoms with van der Waals surface area (Å²) in [5.41, 5.74) is 5.31. The summed E-state index contributed by atoms with van der Waals surface area (Å²) in [5, 5.41) is 3.92. The van der Waals surface area contributed by atoms with Gasteiger partial charge in [0.1, 0.15) is 0 Å². The zero-order chi connectivity index (χ0) is 16.6. The van der Waals surface area contributed by atoms with Gasteiger partial charge in [-0.3, -0.25) is 14.4 Å². The van der Waals surface area contributed by atoms with Gasteiger partial charge in [-0.2, -0.15) is 5.10 Å². The fraction of sp³-hybridized carbons (Fsp3) is 0.733. The van der Waals surface area contributed by atoms with Crippen LogP contribution in [-0.4, -0.2) is 57.7 Å². The Hall–Kier alpha value is -1.70. The minimum atomic E-state index is -2.63. The largest absolute Gasteiger partial charge is 0.396 e. The van der Waals surface area contributed by atoms with Crippen molar-refractivity contribution in [3.05, 3.63) is 11.9 Å². The summed E-state index contributed by atoms with van der Waals surface area (Å²) in [6.45, 7) is 5.11. The molecule has 23 heavy (non-hydrogen) atoms. The number of aromatic nitrogens is 2. The van der Waals surface area contributed by atoms with Crippen molar-refractivity contribution < 1.29 is 13.6 Å². The second kappa shape index (κ2) is 6.43. The second-order valence-electron chi connectivity index (χ2n) is 6.32. The summed E-state index contributed by atoms with van der Waals surface area (Å²) in [7, 11) is 0. The summed E-state index contributed by atoms with van der Waals surface area (Å²) in [5.74, 6) is 0.219. The van der Waals surface area contributed by atoms with Crippen LogP contribution in [0.1, 0.15) is 44.3 Å². The van der Waals surface area contributed by atoms with Crippen LogP contribution in [0.3, 0.4) is 0 Å².